The number of rotatable bonds is 3. The fourth-order valence-electron chi connectivity index (χ4n) is 2.64. The first-order valence-electron chi connectivity index (χ1n) is 8.02. The van der Waals surface area contributed by atoms with Gasteiger partial charge < -0.3 is 19.5 Å². The lowest BCUT2D eigenvalue weighted by Gasteiger charge is -2.40. The topological polar surface area (TPSA) is 76.5 Å². The lowest BCUT2D eigenvalue weighted by Crippen LogP contribution is -2.61. The largest absolute Gasteiger partial charge is 0.444 e. The number of carbonyl (C=O) groups excluding carboxylic acids is 2. The van der Waals surface area contributed by atoms with Gasteiger partial charge in [0.25, 0.3) is 5.91 Å². The zero-order valence-corrected chi connectivity index (χ0v) is 15.8. The van der Waals surface area contributed by atoms with Gasteiger partial charge in [-0.2, -0.15) is 0 Å². The van der Waals surface area contributed by atoms with Gasteiger partial charge in [0.15, 0.2) is 5.15 Å². The molecule has 2 amide bonds. The quantitative estimate of drug-likeness (QED) is 0.903. The molecule has 8 heteroatoms. The van der Waals surface area contributed by atoms with Crippen LogP contribution in [0.4, 0.5) is 4.79 Å². The Hall–Kier alpha value is -1.76. The number of imidazole rings is 1. The van der Waals surface area contributed by atoms with Crippen molar-refractivity contribution < 1.29 is 14.3 Å². The molecule has 2 rings (SSSR count). The van der Waals surface area contributed by atoms with Crippen LogP contribution in [0.1, 0.15) is 57.0 Å². The van der Waals surface area contributed by atoms with E-state index in [0.717, 1.165) is 0 Å². The molecule has 134 valence electrons. The maximum atomic E-state index is 12.5. The number of likely N-dealkylation sites (tertiary alicyclic amines) is 1. The summed E-state index contributed by atoms with van der Waals surface area (Å²) in [7, 11) is 0. The van der Waals surface area contributed by atoms with Crippen LogP contribution in [0.15, 0.2) is 0 Å². The van der Waals surface area contributed by atoms with Crippen molar-refractivity contribution in [2.24, 2.45) is 0 Å². The minimum Gasteiger partial charge on any atom is -0.444 e. The molecule has 0 aliphatic carbocycles. The number of aromatic nitrogens is 2. The van der Waals surface area contributed by atoms with Crippen LogP contribution in [0.2, 0.25) is 5.15 Å². The highest BCUT2D eigenvalue weighted by Crippen LogP contribution is 2.22. The molecule has 1 aliphatic rings. The normalized spacial score (nSPS) is 15.4. The first kappa shape index (κ1) is 18.6. The Morgan fingerprint density at radius 3 is 2.42 bits per heavy atom. The molecule has 0 radical (unpaired) electrons. The third kappa shape index (κ3) is 4.01. The van der Waals surface area contributed by atoms with Gasteiger partial charge in [-0.1, -0.05) is 11.6 Å². The van der Waals surface area contributed by atoms with Gasteiger partial charge in [-0.15, -0.1) is 0 Å². The maximum absolute atomic E-state index is 12.5. The average molecular weight is 357 g/mol. The Balaban J connectivity index is 1.96. The molecule has 0 atom stereocenters. The van der Waals surface area contributed by atoms with E-state index in [1.807, 2.05) is 46.1 Å². The number of amides is 2. The average Bonchev–Trinajstić information content (AvgIpc) is 2.65. The van der Waals surface area contributed by atoms with Crippen LogP contribution >= 0.6 is 11.6 Å². The second-order valence-corrected chi connectivity index (χ2v) is 7.68. The van der Waals surface area contributed by atoms with E-state index in [-0.39, 0.29) is 29.2 Å². The van der Waals surface area contributed by atoms with Crippen LogP contribution in [0.5, 0.6) is 0 Å². The number of aryl methyl sites for hydroxylation is 1. The molecule has 0 bridgehead atoms. The Labute approximate surface area is 147 Å². The van der Waals surface area contributed by atoms with Gasteiger partial charge in [0.2, 0.25) is 0 Å². The van der Waals surface area contributed by atoms with Crippen molar-refractivity contribution in [3.8, 4) is 0 Å². The van der Waals surface area contributed by atoms with E-state index in [1.165, 1.54) is 0 Å². The summed E-state index contributed by atoms with van der Waals surface area (Å²) >= 11 is 6.11. The fourth-order valence-corrected chi connectivity index (χ4v) is 2.94. The van der Waals surface area contributed by atoms with Crippen molar-refractivity contribution in [2.45, 2.75) is 59.2 Å². The monoisotopic (exact) mass is 356 g/mol. The molecule has 1 N–H and O–H groups in total. The molecule has 1 saturated heterocycles. The molecule has 1 aliphatic heterocycles. The van der Waals surface area contributed by atoms with E-state index in [1.54, 1.807) is 4.90 Å². The van der Waals surface area contributed by atoms with Gasteiger partial charge in [0.1, 0.15) is 17.1 Å². The van der Waals surface area contributed by atoms with Crippen LogP contribution in [-0.4, -0.2) is 51.2 Å². The van der Waals surface area contributed by atoms with Gasteiger partial charge >= 0.3 is 6.09 Å². The fraction of sp³-hybridized carbons (Fsp3) is 0.688. The SMILES string of the molecule is Cc1nc(Cl)c(C(=O)NC2CN(C(=O)OC(C)(C)C)C2)n1C(C)C. The van der Waals surface area contributed by atoms with E-state index in [0.29, 0.717) is 24.6 Å². The summed E-state index contributed by atoms with van der Waals surface area (Å²) in [4.78, 5) is 30.1. The summed E-state index contributed by atoms with van der Waals surface area (Å²) in [5, 5.41) is 3.09. The van der Waals surface area contributed by atoms with Crippen molar-refractivity contribution in [2.75, 3.05) is 13.1 Å². The van der Waals surface area contributed by atoms with Crippen molar-refractivity contribution in [3.05, 3.63) is 16.7 Å². The Bertz CT molecular complexity index is 642. The van der Waals surface area contributed by atoms with Crippen molar-refractivity contribution in [1.29, 1.82) is 0 Å². The molecular formula is C16H25ClN4O3. The van der Waals surface area contributed by atoms with Crippen LogP contribution in [0.3, 0.4) is 0 Å². The van der Waals surface area contributed by atoms with E-state index in [2.05, 4.69) is 10.3 Å². The molecule has 24 heavy (non-hydrogen) atoms. The minimum absolute atomic E-state index is 0.0744. The molecule has 1 aromatic heterocycles. The summed E-state index contributed by atoms with van der Waals surface area (Å²) in [5.41, 5.74) is -0.167. The third-order valence-corrected chi connectivity index (χ3v) is 3.91. The summed E-state index contributed by atoms with van der Waals surface area (Å²) in [6, 6.07) is -0.0395. The molecule has 0 saturated carbocycles. The molecule has 1 aromatic rings. The van der Waals surface area contributed by atoms with Crippen molar-refractivity contribution >= 4 is 23.6 Å². The zero-order chi connectivity index (χ0) is 18.2. The minimum atomic E-state index is -0.528. The highest BCUT2D eigenvalue weighted by molar-refractivity contribution is 6.32. The standard InChI is InChI=1S/C16H25ClN4O3/c1-9(2)21-10(3)18-13(17)12(21)14(22)19-11-7-20(8-11)15(23)24-16(4,5)6/h9,11H,7-8H2,1-6H3,(H,19,22). The number of carbonyl (C=O) groups is 2. The first-order chi connectivity index (χ1) is 11.0. The number of nitrogens with zero attached hydrogens (tertiary/aromatic N) is 3. The second kappa shape index (κ2) is 6.63. The summed E-state index contributed by atoms with van der Waals surface area (Å²) < 4.78 is 7.10. The number of halogens is 1. The molecular weight excluding hydrogens is 332 g/mol. The van der Waals surface area contributed by atoms with Gasteiger partial charge in [0.05, 0.1) is 6.04 Å². The molecule has 0 aromatic carbocycles. The number of hydrogen-bond donors (Lipinski definition) is 1. The number of ether oxygens (including phenoxy) is 1. The smallest absolute Gasteiger partial charge is 0.410 e. The summed E-state index contributed by atoms with van der Waals surface area (Å²) in [6.07, 6.45) is -0.367. The van der Waals surface area contributed by atoms with Gasteiger partial charge in [0, 0.05) is 19.1 Å². The predicted octanol–water partition coefficient (Wildman–Crippen LogP) is 2.77. The molecule has 7 nitrogen and oxygen atoms in total. The third-order valence-electron chi connectivity index (χ3n) is 3.64. The van der Waals surface area contributed by atoms with Crippen LogP contribution in [0, 0.1) is 6.92 Å². The predicted molar refractivity (Wildman–Crippen MR) is 91.4 cm³/mol. The number of nitrogens with one attached hydrogen (secondary N) is 1. The highest BCUT2D eigenvalue weighted by atomic mass is 35.5. The van der Waals surface area contributed by atoms with Crippen molar-refractivity contribution in [1.82, 2.24) is 19.8 Å². The lowest BCUT2D eigenvalue weighted by atomic mass is 10.1. The summed E-state index contributed by atoms with van der Waals surface area (Å²) in [5.74, 6) is 0.423. The Morgan fingerprint density at radius 1 is 1.33 bits per heavy atom. The molecule has 2 heterocycles. The van der Waals surface area contributed by atoms with Crippen molar-refractivity contribution in [3.63, 3.8) is 0 Å². The Kier molecular flexibility index (Phi) is 5.13. The van der Waals surface area contributed by atoms with Gasteiger partial charge in [-0.3, -0.25) is 4.79 Å². The van der Waals surface area contributed by atoms with E-state index >= 15 is 0 Å². The zero-order valence-electron chi connectivity index (χ0n) is 15.0. The van der Waals surface area contributed by atoms with E-state index in [4.69, 9.17) is 16.3 Å². The maximum Gasteiger partial charge on any atom is 0.410 e. The second-order valence-electron chi connectivity index (χ2n) is 7.32. The lowest BCUT2D eigenvalue weighted by molar-refractivity contribution is 0.00528. The summed E-state index contributed by atoms with van der Waals surface area (Å²) in [6.45, 7) is 12.1. The molecule has 0 unspecified atom stereocenters. The van der Waals surface area contributed by atoms with Crippen LogP contribution < -0.4 is 5.32 Å². The van der Waals surface area contributed by atoms with E-state index < -0.39 is 5.60 Å². The molecule has 0 spiro atoms. The van der Waals surface area contributed by atoms with E-state index in [9.17, 15) is 9.59 Å². The first-order valence-corrected chi connectivity index (χ1v) is 8.40. The van der Waals surface area contributed by atoms with Gasteiger partial charge in [-0.25, -0.2) is 9.78 Å². The Morgan fingerprint density at radius 2 is 1.92 bits per heavy atom. The molecule has 1 fully saturated rings. The highest BCUT2D eigenvalue weighted by Gasteiger charge is 2.35. The van der Waals surface area contributed by atoms with Crippen LogP contribution in [0.25, 0.3) is 0 Å². The van der Waals surface area contributed by atoms with Gasteiger partial charge in [-0.05, 0) is 41.5 Å². The van der Waals surface area contributed by atoms with Crippen LogP contribution in [-0.2, 0) is 4.74 Å². The number of hydrogen-bond acceptors (Lipinski definition) is 4.